The van der Waals surface area contributed by atoms with E-state index in [4.69, 9.17) is 11.6 Å². The van der Waals surface area contributed by atoms with Gasteiger partial charge in [0.2, 0.25) is 0 Å². The van der Waals surface area contributed by atoms with Crippen LogP contribution in [-0.4, -0.2) is 4.98 Å². The molecule has 0 aliphatic heterocycles. The highest BCUT2D eigenvalue weighted by molar-refractivity contribution is 9.09. The van der Waals surface area contributed by atoms with Crippen molar-refractivity contribution in [2.45, 2.75) is 18.2 Å². The van der Waals surface area contributed by atoms with Gasteiger partial charge < -0.3 is 0 Å². The van der Waals surface area contributed by atoms with Crippen molar-refractivity contribution < 1.29 is 8.78 Å². The van der Waals surface area contributed by atoms with Crippen LogP contribution in [0.1, 0.15) is 21.5 Å². The van der Waals surface area contributed by atoms with Crippen molar-refractivity contribution in [1.29, 1.82) is 0 Å². The molecule has 0 aliphatic carbocycles. The van der Waals surface area contributed by atoms with Gasteiger partial charge in [-0.2, -0.15) is 0 Å². The number of aromatic nitrogens is 1. The monoisotopic (exact) mass is 345 g/mol. The molecule has 100 valence electrons. The Hall–Kier alpha value is -1.00. The fraction of sp³-hybridized carbons (Fsp3) is 0.214. The Bertz CT molecular complexity index is 604. The zero-order valence-electron chi connectivity index (χ0n) is 10.1. The van der Waals surface area contributed by atoms with Gasteiger partial charge in [-0.1, -0.05) is 33.6 Å². The molecule has 5 heteroatoms. The molecule has 0 N–H and O–H groups in total. The number of pyridine rings is 1. The predicted octanol–water partition coefficient (Wildman–Crippen LogP) is 5.00. The van der Waals surface area contributed by atoms with Crippen molar-refractivity contribution in [3.63, 3.8) is 0 Å². The summed E-state index contributed by atoms with van der Waals surface area (Å²) in [7, 11) is 0. The normalized spacial score (nSPS) is 12.5. The molecule has 1 nitrogen and oxygen atoms in total. The molecule has 1 unspecified atom stereocenters. The Morgan fingerprint density at radius 2 is 2.05 bits per heavy atom. The lowest BCUT2D eigenvalue weighted by atomic mass is 10.0. The molecule has 0 saturated heterocycles. The van der Waals surface area contributed by atoms with Gasteiger partial charge in [0.15, 0.2) is 0 Å². The van der Waals surface area contributed by atoms with Crippen molar-refractivity contribution in [3.05, 3.63) is 63.9 Å². The molecule has 0 radical (unpaired) electrons. The number of hydrogen-bond donors (Lipinski definition) is 0. The van der Waals surface area contributed by atoms with E-state index in [1.165, 1.54) is 18.3 Å². The molecule has 2 aromatic rings. The summed E-state index contributed by atoms with van der Waals surface area (Å²) >= 11 is 9.33. The van der Waals surface area contributed by atoms with E-state index in [0.29, 0.717) is 17.0 Å². The van der Waals surface area contributed by atoms with Crippen molar-refractivity contribution in [2.75, 3.05) is 0 Å². The largest absolute Gasteiger partial charge is 0.263 e. The van der Waals surface area contributed by atoms with Crippen LogP contribution in [0.15, 0.2) is 30.6 Å². The Labute approximate surface area is 123 Å². The molecule has 19 heavy (non-hydrogen) atoms. The molecule has 0 amide bonds. The summed E-state index contributed by atoms with van der Waals surface area (Å²) in [6.07, 6.45) is 3.50. The van der Waals surface area contributed by atoms with Gasteiger partial charge >= 0.3 is 0 Å². The van der Waals surface area contributed by atoms with Gasteiger partial charge in [0, 0.05) is 22.8 Å². The Kier molecular flexibility index (Phi) is 4.53. The number of benzene rings is 1. The van der Waals surface area contributed by atoms with Crippen LogP contribution in [0.3, 0.4) is 0 Å². The van der Waals surface area contributed by atoms with E-state index < -0.39 is 16.5 Å². The van der Waals surface area contributed by atoms with Crippen LogP contribution in [0.2, 0.25) is 5.02 Å². The van der Waals surface area contributed by atoms with Crippen LogP contribution in [-0.2, 0) is 6.42 Å². The summed E-state index contributed by atoms with van der Waals surface area (Å²) in [4.78, 5) is 3.40. The van der Waals surface area contributed by atoms with E-state index in [1.54, 1.807) is 19.2 Å². The van der Waals surface area contributed by atoms with Crippen LogP contribution < -0.4 is 0 Å². The third kappa shape index (κ3) is 3.12. The quantitative estimate of drug-likeness (QED) is 0.713. The highest BCUT2D eigenvalue weighted by Crippen LogP contribution is 2.33. The molecule has 0 spiro atoms. The van der Waals surface area contributed by atoms with Crippen molar-refractivity contribution >= 4 is 27.5 Å². The molecule has 0 fully saturated rings. The van der Waals surface area contributed by atoms with Gasteiger partial charge in [0.25, 0.3) is 0 Å². The molecule has 1 aromatic heterocycles. The molecule has 0 saturated carbocycles. The maximum atomic E-state index is 14.0. The van der Waals surface area contributed by atoms with Gasteiger partial charge in [-0.3, -0.25) is 4.98 Å². The van der Waals surface area contributed by atoms with E-state index in [9.17, 15) is 8.78 Å². The Balaban J connectivity index is 2.33. The van der Waals surface area contributed by atoms with E-state index in [2.05, 4.69) is 20.9 Å². The summed E-state index contributed by atoms with van der Waals surface area (Å²) in [5.74, 6) is -1.08. The van der Waals surface area contributed by atoms with Gasteiger partial charge in [0.1, 0.15) is 11.6 Å². The lowest BCUT2D eigenvalue weighted by molar-refractivity contribution is 0.548. The molecule has 1 atom stereocenters. The third-order valence-electron chi connectivity index (χ3n) is 2.89. The number of alkyl halides is 1. The van der Waals surface area contributed by atoms with Gasteiger partial charge in [-0.25, -0.2) is 8.78 Å². The molecule has 0 bridgehead atoms. The maximum Gasteiger partial charge on any atom is 0.133 e. The van der Waals surface area contributed by atoms with Crippen LogP contribution in [0, 0.1) is 18.6 Å². The first-order valence-corrected chi connectivity index (χ1v) is 6.97. The van der Waals surface area contributed by atoms with Crippen LogP contribution in [0.5, 0.6) is 0 Å². The predicted molar refractivity (Wildman–Crippen MR) is 75.7 cm³/mol. The lowest BCUT2D eigenvalue weighted by Crippen LogP contribution is -2.04. The zero-order valence-corrected chi connectivity index (χ0v) is 12.5. The Morgan fingerprint density at radius 1 is 1.32 bits per heavy atom. The first-order valence-electron chi connectivity index (χ1n) is 5.67. The highest BCUT2D eigenvalue weighted by Gasteiger charge is 2.20. The molecule has 1 aromatic carbocycles. The van der Waals surface area contributed by atoms with Crippen LogP contribution >= 0.6 is 27.5 Å². The summed E-state index contributed by atoms with van der Waals surface area (Å²) in [5.41, 5.74) is 1.24. The minimum absolute atomic E-state index is 0.0351. The SMILES string of the molecule is Cc1ccc(F)c(C(Br)Cc2ccncc2Cl)c1F. The second-order valence-electron chi connectivity index (χ2n) is 4.23. The van der Waals surface area contributed by atoms with E-state index >= 15 is 0 Å². The first kappa shape index (κ1) is 14.4. The fourth-order valence-electron chi connectivity index (χ4n) is 1.83. The van der Waals surface area contributed by atoms with Crippen molar-refractivity contribution in [1.82, 2.24) is 4.98 Å². The topological polar surface area (TPSA) is 12.9 Å². The van der Waals surface area contributed by atoms with Gasteiger partial charge in [-0.15, -0.1) is 0 Å². The van der Waals surface area contributed by atoms with E-state index in [0.717, 1.165) is 5.56 Å². The van der Waals surface area contributed by atoms with E-state index in [-0.39, 0.29) is 5.56 Å². The summed E-state index contributed by atoms with van der Waals surface area (Å²) in [6.45, 7) is 1.61. The number of halogens is 4. The molecule has 2 rings (SSSR count). The second-order valence-corrected chi connectivity index (χ2v) is 5.74. The molecule has 0 aliphatic rings. The van der Waals surface area contributed by atoms with Gasteiger partial charge in [0.05, 0.1) is 5.02 Å². The average molecular weight is 347 g/mol. The minimum Gasteiger partial charge on any atom is -0.263 e. The number of aryl methyl sites for hydroxylation is 1. The standard InChI is InChI=1S/C14H11BrClF2N/c1-8-2-3-12(17)13(14(8)18)10(15)6-9-4-5-19-7-11(9)16/h2-5,7,10H,6H2,1H3. The highest BCUT2D eigenvalue weighted by atomic mass is 79.9. The summed E-state index contributed by atoms with van der Waals surface area (Å²) in [6, 6.07) is 4.44. The smallest absolute Gasteiger partial charge is 0.133 e. The molecular weight excluding hydrogens is 336 g/mol. The summed E-state index contributed by atoms with van der Waals surface area (Å²) in [5, 5.41) is 0.486. The number of nitrogens with zero attached hydrogens (tertiary/aromatic N) is 1. The second kappa shape index (κ2) is 5.97. The first-order chi connectivity index (χ1) is 9.00. The third-order valence-corrected chi connectivity index (χ3v) is 4.01. The zero-order chi connectivity index (χ0) is 14.0. The molecule has 1 heterocycles. The Morgan fingerprint density at radius 3 is 2.74 bits per heavy atom. The summed E-state index contributed by atoms with van der Waals surface area (Å²) < 4.78 is 27.8. The number of hydrogen-bond acceptors (Lipinski definition) is 1. The fourth-order valence-corrected chi connectivity index (χ4v) is 2.80. The van der Waals surface area contributed by atoms with Crippen LogP contribution in [0.4, 0.5) is 8.78 Å². The molecular formula is C14H11BrClF2N. The average Bonchev–Trinajstić information content (AvgIpc) is 2.37. The van der Waals surface area contributed by atoms with Crippen molar-refractivity contribution in [2.24, 2.45) is 0 Å². The maximum absolute atomic E-state index is 14.0. The van der Waals surface area contributed by atoms with Gasteiger partial charge in [-0.05, 0) is 36.6 Å². The lowest BCUT2D eigenvalue weighted by Gasteiger charge is -2.14. The number of rotatable bonds is 3. The minimum atomic E-state index is -0.560. The van der Waals surface area contributed by atoms with E-state index in [1.807, 2.05) is 0 Å². The van der Waals surface area contributed by atoms with Crippen molar-refractivity contribution in [3.8, 4) is 0 Å². The van der Waals surface area contributed by atoms with Crippen LogP contribution in [0.25, 0.3) is 0 Å².